The highest BCUT2D eigenvalue weighted by Gasteiger charge is 2.34. The predicted octanol–water partition coefficient (Wildman–Crippen LogP) is 6.64. The minimum atomic E-state index is -0.341. The quantitative estimate of drug-likeness (QED) is 0.327. The van der Waals surface area contributed by atoms with Gasteiger partial charge in [-0.05, 0) is 91.3 Å². The molecular weight excluding hydrogens is 526 g/mol. The molecule has 0 aliphatic carbocycles. The van der Waals surface area contributed by atoms with Crippen LogP contribution in [0.4, 0.5) is 21.9 Å². The van der Waals surface area contributed by atoms with Gasteiger partial charge < -0.3 is 25.0 Å². The number of benzene rings is 1. The number of aromatic nitrogens is 1. The number of likely N-dealkylation sites (tertiary alicyclic amines) is 1. The average molecular weight is 564 g/mol. The molecule has 3 aromatic rings. The lowest BCUT2D eigenvalue weighted by Crippen LogP contribution is -2.48. The first-order valence-electron chi connectivity index (χ1n) is 13.5. The van der Waals surface area contributed by atoms with Crippen LogP contribution in [0.25, 0.3) is 10.2 Å². The highest BCUT2D eigenvalue weighted by atomic mass is 32.1. The first-order chi connectivity index (χ1) is 18.8. The van der Waals surface area contributed by atoms with Gasteiger partial charge in [-0.2, -0.15) is 0 Å². The Balaban J connectivity index is 1.38. The van der Waals surface area contributed by atoms with Crippen LogP contribution in [-0.2, 0) is 4.74 Å². The Kier molecular flexibility index (Phi) is 7.16. The number of rotatable bonds is 6. The van der Waals surface area contributed by atoms with E-state index >= 15 is 0 Å². The van der Waals surface area contributed by atoms with Crippen LogP contribution in [0.2, 0.25) is 0 Å². The molecule has 5 rings (SSSR count). The van der Waals surface area contributed by atoms with Crippen molar-refractivity contribution >= 4 is 50.6 Å². The number of carbonyl (C=O) groups excluding carboxylic acids is 2. The molecule has 10 heteroatoms. The van der Waals surface area contributed by atoms with Gasteiger partial charge in [-0.1, -0.05) is 0 Å². The average Bonchev–Trinajstić information content (AvgIpc) is 3.23. The second-order valence-electron chi connectivity index (χ2n) is 12.2. The zero-order chi connectivity index (χ0) is 28.8. The maximum absolute atomic E-state index is 13.5. The van der Waals surface area contributed by atoms with Gasteiger partial charge in [0.05, 0.1) is 22.4 Å². The van der Waals surface area contributed by atoms with Crippen molar-refractivity contribution in [3.63, 3.8) is 0 Å². The number of urea groups is 1. The molecule has 3 amide bonds. The van der Waals surface area contributed by atoms with Crippen molar-refractivity contribution < 1.29 is 19.1 Å². The number of pyridine rings is 1. The molecule has 40 heavy (non-hydrogen) atoms. The third-order valence-corrected chi connectivity index (χ3v) is 7.60. The summed E-state index contributed by atoms with van der Waals surface area (Å²) in [6.45, 7) is 17.5. The van der Waals surface area contributed by atoms with E-state index in [9.17, 15) is 9.59 Å². The molecule has 2 aliphatic heterocycles. The molecule has 1 saturated heterocycles. The smallest absolute Gasteiger partial charge is 0.331 e. The summed E-state index contributed by atoms with van der Waals surface area (Å²) >= 11 is 1.28. The van der Waals surface area contributed by atoms with Crippen molar-refractivity contribution in [3.8, 4) is 5.75 Å². The van der Waals surface area contributed by atoms with E-state index in [0.717, 1.165) is 30.5 Å². The molecule has 2 N–H and O–H groups in total. The van der Waals surface area contributed by atoms with Crippen molar-refractivity contribution in [2.75, 3.05) is 23.3 Å². The van der Waals surface area contributed by atoms with Crippen LogP contribution in [0.15, 0.2) is 49.0 Å². The highest BCUT2D eigenvalue weighted by Crippen LogP contribution is 2.46. The van der Waals surface area contributed by atoms with Gasteiger partial charge in [0.15, 0.2) is 5.88 Å². The monoisotopic (exact) mass is 563 g/mol. The number of hydrogen-bond acceptors (Lipinski definition) is 7. The van der Waals surface area contributed by atoms with E-state index in [1.165, 1.54) is 11.3 Å². The fourth-order valence-electron chi connectivity index (χ4n) is 5.01. The van der Waals surface area contributed by atoms with E-state index in [0.29, 0.717) is 39.2 Å². The largest absolute Gasteiger partial charge is 0.488 e. The van der Waals surface area contributed by atoms with Gasteiger partial charge in [-0.3, -0.25) is 9.69 Å². The summed E-state index contributed by atoms with van der Waals surface area (Å²) in [5.41, 5.74) is 1.21. The molecule has 9 nitrogen and oxygen atoms in total. The topological polar surface area (TPSA) is 96.0 Å². The minimum Gasteiger partial charge on any atom is -0.488 e. The number of thiophene rings is 1. The zero-order valence-corrected chi connectivity index (χ0v) is 24.8. The van der Waals surface area contributed by atoms with Crippen molar-refractivity contribution in [1.82, 2.24) is 15.2 Å². The lowest BCUT2D eigenvalue weighted by Gasteiger charge is -2.37. The molecule has 0 spiro atoms. The molecule has 1 aromatic carbocycles. The third-order valence-electron chi connectivity index (χ3n) is 6.50. The zero-order valence-electron chi connectivity index (χ0n) is 24.0. The maximum Gasteiger partial charge on any atom is 0.331 e. The maximum atomic E-state index is 13.5. The number of hydrogen-bond donors (Lipinski definition) is 2. The third kappa shape index (κ3) is 5.86. The van der Waals surface area contributed by atoms with Gasteiger partial charge in [0, 0.05) is 25.3 Å². The van der Waals surface area contributed by atoms with Crippen molar-refractivity contribution in [1.29, 1.82) is 0 Å². The molecular formula is C30H37N5O4S. The Morgan fingerprint density at radius 2 is 1.85 bits per heavy atom. The summed E-state index contributed by atoms with van der Waals surface area (Å²) in [7, 11) is 0. The highest BCUT2D eigenvalue weighted by molar-refractivity contribution is 7.21. The van der Waals surface area contributed by atoms with Crippen LogP contribution in [0.1, 0.15) is 64.1 Å². The Labute approximate surface area is 239 Å². The Bertz CT molecular complexity index is 1450. The van der Waals surface area contributed by atoms with Gasteiger partial charge in [-0.15, -0.1) is 11.3 Å². The molecule has 0 saturated carbocycles. The van der Waals surface area contributed by atoms with Gasteiger partial charge in [-0.25, -0.2) is 9.78 Å². The molecule has 212 valence electrons. The number of anilines is 3. The molecule has 0 unspecified atom stereocenters. The van der Waals surface area contributed by atoms with Crippen LogP contribution in [-0.4, -0.2) is 52.2 Å². The lowest BCUT2D eigenvalue weighted by molar-refractivity contribution is -0.00490. The number of nitrogens with one attached hydrogen (secondary N) is 2. The van der Waals surface area contributed by atoms with Crippen LogP contribution in [0, 0.1) is 0 Å². The summed E-state index contributed by atoms with van der Waals surface area (Å²) in [5, 5.41) is 6.89. The first kappa shape index (κ1) is 27.8. The lowest BCUT2D eigenvalue weighted by atomic mass is 10.1. The van der Waals surface area contributed by atoms with Gasteiger partial charge >= 0.3 is 6.03 Å². The number of nitrogens with zero attached hydrogens (tertiary/aromatic N) is 3. The molecule has 4 heterocycles. The number of piperidine rings is 1. The SMILES string of the molecule is C=C(OC(C)(C)C)N1CCC[C@@H](NC(=O)c2sc3nccc4c3c2NC(=O)N4c2ccc(OC(C)(C)C)cc2)C1. The molecule has 2 aromatic heterocycles. The van der Waals surface area contributed by atoms with E-state index in [-0.39, 0.29) is 29.2 Å². The van der Waals surface area contributed by atoms with E-state index < -0.39 is 0 Å². The Hall–Kier alpha value is -3.79. The van der Waals surface area contributed by atoms with Gasteiger partial charge in [0.25, 0.3) is 5.91 Å². The Morgan fingerprint density at radius 1 is 1.12 bits per heavy atom. The molecule has 2 aliphatic rings. The van der Waals surface area contributed by atoms with Crippen LogP contribution in [0.3, 0.4) is 0 Å². The summed E-state index contributed by atoms with van der Waals surface area (Å²) in [6, 6.07) is 8.80. The second-order valence-corrected chi connectivity index (χ2v) is 13.2. The molecule has 0 radical (unpaired) electrons. The fraction of sp³-hybridized carbons (Fsp3) is 0.433. The normalized spacial score (nSPS) is 17.4. The van der Waals surface area contributed by atoms with Gasteiger partial charge in [0.1, 0.15) is 26.7 Å². The summed E-state index contributed by atoms with van der Waals surface area (Å²) < 4.78 is 11.9. The summed E-state index contributed by atoms with van der Waals surface area (Å²) in [5.74, 6) is 1.11. The van der Waals surface area contributed by atoms with Crippen LogP contribution >= 0.6 is 11.3 Å². The molecule has 1 fully saturated rings. The standard InChI is InChI=1S/C30H37N5O4S/c1-18(38-29(2,3)4)34-16-8-9-19(17-34)32-26(36)25-24-23-22(14-15-31-27(23)40-25)35(28(37)33-24)20-10-12-21(13-11-20)39-30(5,6)7/h10-15,19H,1,8-9,16-17H2,2-7H3,(H,32,36)(H,33,37)/t19-/m1/s1. The first-order valence-corrected chi connectivity index (χ1v) is 14.4. The van der Waals surface area contributed by atoms with Gasteiger partial charge in [0.2, 0.25) is 0 Å². The van der Waals surface area contributed by atoms with Crippen LogP contribution < -0.4 is 20.3 Å². The Morgan fingerprint density at radius 3 is 2.52 bits per heavy atom. The van der Waals surface area contributed by atoms with Crippen molar-refractivity contribution in [3.05, 3.63) is 53.9 Å². The predicted molar refractivity (Wildman–Crippen MR) is 160 cm³/mol. The fourth-order valence-corrected chi connectivity index (χ4v) is 6.03. The van der Waals surface area contributed by atoms with E-state index in [2.05, 4.69) is 27.1 Å². The number of amides is 3. The van der Waals surface area contributed by atoms with E-state index in [4.69, 9.17) is 9.47 Å². The summed E-state index contributed by atoms with van der Waals surface area (Å²) in [4.78, 5) is 36.3. The number of ether oxygens (including phenoxy) is 2. The summed E-state index contributed by atoms with van der Waals surface area (Å²) in [6.07, 6.45) is 3.43. The van der Waals surface area contributed by atoms with E-state index in [1.807, 2.05) is 65.8 Å². The van der Waals surface area contributed by atoms with E-state index in [1.54, 1.807) is 17.2 Å². The molecule has 1 atom stereocenters. The minimum absolute atomic E-state index is 0.0731. The van der Waals surface area contributed by atoms with Crippen molar-refractivity contribution in [2.45, 2.75) is 71.6 Å². The van der Waals surface area contributed by atoms with Crippen molar-refractivity contribution in [2.24, 2.45) is 0 Å². The number of carbonyl (C=O) groups is 2. The molecule has 0 bridgehead atoms. The second kappa shape index (κ2) is 10.3. The van der Waals surface area contributed by atoms with Crippen LogP contribution in [0.5, 0.6) is 5.75 Å².